The van der Waals surface area contributed by atoms with E-state index in [0.29, 0.717) is 11.4 Å². The molecule has 0 saturated heterocycles. The third-order valence-corrected chi connectivity index (χ3v) is 3.87. The molecule has 0 aliphatic heterocycles. The Morgan fingerprint density at radius 2 is 1.81 bits per heavy atom. The highest BCUT2D eigenvalue weighted by atomic mass is 16.5. The van der Waals surface area contributed by atoms with E-state index in [1.165, 1.54) is 0 Å². The lowest BCUT2D eigenvalue weighted by atomic mass is 9.82. The van der Waals surface area contributed by atoms with Gasteiger partial charge in [0.25, 0.3) is 0 Å². The Kier molecular flexibility index (Phi) is 5.20. The third kappa shape index (κ3) is 4.77. The zero-order chi connectivity index (χ0) is 15.2. The highest BCUT2D eigenvalue weighted by Crippen LogP contribution is 2.29. The van der Waals surface area contributed by atoms with E-state index in [9.17, 15) is 9.59 Å². The largest absolute Gasteiger partial charge is 0.482 e. The third-order valence-electron chi connectivity index (χ3n) is 3.87. The lowest BCUT2D eigenvalue weighted by molar-refractivity contribution is -0.139. The molecule has 5 heteroatoms. The maximum atomic E-state index is 12.2. The number of anilines is 1. The topological polar surface area (TPSA) is 75.6 Å². The molecule has 1 aromatic rings. The van der Waals surface area contributed by atoms with E-state index < -0.39 is 5.97 Å². The fourth-order valence-electron chi connectivity index (χ4n) is 2.55. The van der Waals surface area contributed by atoms with E-state index in [1.54, 1.807) is 24.3 Å². The summed E-state index contributed by atoms with van der Waals surface area (Å²) in [5, 5.41) is 11.4. The van der Waals surface area contributed by atoms with Crippen LogP contribution < -0.4 is 10.1 Å². The fourth-order valence-corrected chi connectivity index (χ4v) is 2.55. The molecule has 1 saturated carbocycles. The van der Waals surface area contributed by atoms with Crippen LogP contribution in [0.1, 0.15) is 32.6 Å². The normalized spacial score (nSPS) is 21.6. The molecule has 114 valence electrons. The van der Waals surface area contributed by atoms with Gasteiger partial charge in [-0.2, -0.15) is 0 Å². The van der Waals surface area contributed by atoms with Crippen molar-refractivity contribution in [2.24, 2.45) is 11.8 Å². The van der Waals surface area contributed by atoms with Crippen molar-refractivity contribution in [2.75, 3.05) is 11.9 Å². The van der Waals surface area contributed by atoms with Gasteiger partial charge in [0, 0.05) is 11.6 Å². The van der Waals surface area contributed by atoms with Gasteiger partial charge in [-0.1, -0.05) is 6.92 Å². The number of benzene rings is 1. The summed E-state index contributed by atoms with van der Waals surface area (Å²) >= 11 is 0. The average Bonchev–Trinajstić information content (AvgIpc) is 2.47. The minimum atomic E-state index is -1.01. The summed E-state index contributed by atoms with van der Waals surface area (Å²) < 4.78 is 5.04. The molecule has 0 bridgehead atoms. The van der Waals surface area contributed by atoms with E-state index in [-0.39, 0.29) is 18.4 Å². The number of amides is 1. The SMILES string of the molecule is CC1CCC(C(=O)Nc2ccc(OCC(=O)O)cc2)CC1. The number of rotatable bonds is 5. The first-order valence-electron chi connectivity index (χ1n) is 7.30. The minimum Gasteiger partial charge on any atom is -0.482 e. The van der Waals surface area contributed by atoms with Crippen molar-refractivity contribution in [1.29, 1.82) is 0 Å². The number of carbonyl (C=O) groups is 2. The average molecular weight is 291 g/mol. The molecule has 1 aromatic carbocycles. The number of nitrogens with one attached hydrogen (secondary N) is 1. The molecule has 2 N–H and O–H groups in total. The van der Waals surface area contributed by atoms with E-state index in [0.717, 1.165) is 31.6 Å². The molecular weight excluding hydrogens is 270 g/mol. The monoisotopic (exact) mass is 291 g/mol. The second-order valence-electron chi connectivity index (χ2n) is 5.65. The number of aliphatic carboxylic acids is 1. The lowest BCUT2D eigenvalue weighted by Gasteiger charge is -2.25. The van der Waals surface area contributed by atoms with Gasteiger partial charge in [-0.25, -0.2) is 4.79 Å². The van der Waals surface area contributed by atoms with Crippen LogP contribution in [0.5, 0.6) is 5.75 Å². The molecule has 1 fully saturated rings. The van der Waals surface area contributed by atoms with E-state index in [2.05, 4.69) is 12.2 Å². The van der Waals surface area contributed by atoms with Crippen LogP contribution in [-0.2, 0) is 9.59 Å². The summed E-state index contributed by atoms with van der Waals surface area (Å²) in [6.07, 6.45) is 4.12. The molecule has 2 rings (SSSR count). The van der Waals surface area contributed by atoms with Crippen LogP contribution in [-0.4, -0.2) is 23.6 Å². The van der Waals surface area contributed by atoms with Crippen molar-refractivity contribution in [2.45, 2.75) is 32.6 Å². The van der Waals surface area contributed by atoms with E-state index in [4.69, 9.17) is 9.84 Å². The maximum Gasteiger partial charge on any atom is 0.341 e. The van der Waals surface area contributed by atoms with Crippen LogP contribution in [0.2, 0.25) is 0 Å². The smallest absolute Gasteiger partial charge is 0.341 e. The number of ether oxygens (including phenoxy) is 1. The molecule has 0 unspecified atom stereocenters. The Hall–Kier alpha value is -2.04. The lowest BCUT2D eigenvalue weighted by Crippen LogP contribution is -2.26. The Labute approximate surface area is 124 Å². The van der Waals surface area contributed by atoms with Crippen LogP contribution in [0, 0.1) is 11.8 Å². The summed E-state index contributed by atoms with van der Waals surface area (Å²) in [4.78, 5) is 22.6. The van der Waals surface area contributed by atoms with Crippen molar-refractivity contribution in [1.82, 2.24) is 0 Å². The molecule has 1 aliphatic rings. The number of carboxylic acids is 1. The molecule has 0 radical (unpaired) electrons. The van der Waals surface area contributed by atoms with Crippen molar-refractivity contribution in [3.05, 3.63) is 24.3 Å². The second-order valence-corrected chi connectivity index (χ2v) is 5.65. The van der Waals surface area contributed by atoms with Crippen LogP contribution in [0.15, 0.2) is 24.3 Å². The van der Waals surface area contributed by atoms with Crippen molar-refractivity contribution < 1.29 is 19.4 Å². The minimum absolute atomic E-state index is 0.0705. The number of hydrogen-bond donors (Lipinski definition) is 2. The van der Waals surface area contributed by atoms with E-state index in [1.807, 2.05) is 0 Å². The predicted octanol–water partition coefficient (Wildman–Crippen LogP) is 2.91. The van der Waals surface area contributed by atoms with Crippen molar-refractivity contribution in [3.63, 3.8) is 0 Å². The summed E-state index contributed by atoms with van der Waals surface area (Å²) in [7, 11) is 0. The number of carboxylic acid groups (broad SMARTS) is 1. The standard InChI is InChI=1S/C16H21NO4/c1-11-2-4-12(5-3-11)16(20)17-13-6-8-14(9-7-13)21-10-15(18)19/h6-9,11-12H,2-5,10H2,1H3,(H,17,20)(H,18,19). The van der Waals surface area contributed by atoms with Crippen LogP contribution in [0.3, 0.4) is 0 Å². The van der Waals surface area contributed by atoms with Crippen molar-refractivity contribution in [3.8, 4) is 5.75 Å². The summed E-state index contributed by atoms with van der Waals surface area (Å²) in [5.41, 5.74) is 0.710. The second kappa shape index (κ2) is 7.11. The van der Waals surface area contributed by atoms with Gasteiger partial charge in [0.1, 0.15) is 5.75 Å². The summed E-state index contributed by atoms with van der Waals surface area (Å²) in [6.45, 7) is 1.86. The Balaban J connectivity index is 1.85. The highest BCUT2D eigenvalue weighted by Gasteiger charge is 2.24. The molecular formula is C16H21NO4. The highest BCUT2D eigenvalue weighted by molar-refractivity contribution is 5.92. The van der Waals surface area contributed by atoms with Gasteiger partial charge in [0.2, 0.25) is 5.91 Å². The summed E-state index contributed by atoms with van der Waals surface area (Å²) in [6, 6.07) is 6.75. The first-order chi connectivity index (χ1) is 10.0. The van der Waals surface area contributed by atoms with Gasteiger partial charge in [0.05, 0.1) is 0 Å². The first kappa shape index (κ1) is 15.4. The van der Waals surface area contributed by atoms with Crippen LogP contribution >= 0.6 is 0 Å². The zero-order valence-corrected chi connectivity index (χ0v) is 12.2. The Morgan fingerprint density at radius 1 is 1.19 bits per heavy atom. The van der Waals surface area contributed by atoms with E-state index >= 15 is 0 Å². The summed E-state index contributed by atoms with van der Waals surface area (Å²) in [5.74, 6) is 0.353. The van der Waals surface area contributed by atoms with Gasteiger partial charge in [0.15, 0.2) is 6.61 Å². The molecule has 21 heavy (non-hydrogen) atoms. The number of carbonyl (C=O) groups excluding carboxylic acids is 1. The molecule has 1 aliphatic carbocycles. The maximum absolute atomic E-state index is 12.2. The Morgan fingerprint density at radius 3 is 2.38 bits per heavy atom. The van der Waals surface area contributed by atoms with Gasteiger partial charge >= 0.3 is 5.97 Å². The molecule has 0 atom stereocenters. The molecule has 5 nitrogen and oxygen atoms in total. The van der Waals surface area contributed by atoms with Gasteiger partial charge in [-0.05, 0) is 55.9 Å². The van der Waals surface area contributed by atoms with Gasteiger partial charge in [-0.15, -0.1) is 0 Å². The fraction of sp³-hybridized carbons (Fsp3) is 0.500. The molecule has 1 amide bonds. The van der Waals surface area contributed by atoms with Gasteiger partial charge < -0.3 is 15.2 Å². The molecule has 0 spiro atoms. The van der Waals surface area contributed by atoms with Gasteiger partial charge in [-0.3, -0.25) is 4.79 Å². The molecule has 0 heterocycles. The predicted molar refractivity (Wildman–Crippen MR) is 79.3 cm³/mol. The molecule has 0 aromatic heterocycles. The van der Waals surface area contributed by atoms with Crippen LogP contribution in [0.25, 0.3) is 0 Å². The van der Waals surface area contributed by atoms with Crippen molar-refractivity contribution >= 4 is 17.6 Å². The number of hydrogen-bond acceptors (Lipinski definition) is 3. The first-order valence-corrected chi connectivity index (χ1v) is 7.30. The quantitative estimate of drug-likeness (QED) is 0.874. The van der Waals surface area contributed by atoms with Crippen LogP contribution in [0.4, 0.5) is 5.69 Å². The zero-order valence-electron chi connectivity index (χ0n) is 12.2. The Bertz CT molecular complexity index is 490.